The van der Waals surface area contributed by atoms with Gasteiger partial charge < -0.3 is 14.7 Å². The van der Waals surface area contributed by atoms with Crippen molar-refractivity contribution in [2.75, 3.05) is 0 Å². The Morgan fingerprint density at radius 3 is 2.32 bits per heavy atom. The molecular weight excluding hydrogens is 603 g/mol. The number of nitrogens with zero attached hydrogens (tertiary/aromatic N) is 3. The molecule has 1 N–H and O–H groups in total. The number of benzene rings is 3. The molecule has 0 bridgehead atoms. The molecule has 5 nitrogen and oxygen atoms in total. The number of allylic oxidation sites excluding steroid dienone is 2. The number of para-hydroxylation sites is 1. The van der Waals surface area contributed by atoms with Crippen LogP contribution in [0.25, 0.3) is 49.4 Å². The van der Waals surface area contributed by atoms with Crippen molar-refractivity contribution >= 4 is 49.4 Å². The molecule has 34 heavy (non-hydrogen) atoms. The molecule has 0 aliphatic rings. The van der Waals surface area contributed by atoms with Crippen LogP contribution in [0.2, 0.25) is 0 Å². The topological polar surface area (TPSA) is 69.2 Å². The van der Waals surface area contributed by atoms with E-state index >= 15 is 0 Å². The Bertz CT molecular complexity index is 1640. The van der Waals surface area contributed by atoms with E-state index in [9.17, 15) is 4.79 Å². The molecule has 0 aliphatic carbocycles. The van der Waals surface area contributed by atoms with Crippen molar-refractivity contribution < 1.29 is 30.0 Å². The van der Waals surface area contributed by atoms with Crippen molar-refractivity contribution in [2.45, 2.75) is 13.8 Å². The summed E-state index contributed by atoms with van der Waals surface area (Å²) >= 11 is 0. The molecule has 0 spiro atoms. The van der Waals surface area contributed by atoms with E-state index in [-0.39, 0.29) is 31.6 Å². The number of pyridine rings is 1. The normalized spacial score (nSPS) is 11.4. The molecule has 6 rings (SSSR count). The number of aliphatic hydroxyl groups is 1. The molecule has 6 aromatic rings. The zero-order valence-corrected chi connectivity index (χ0v) is 21.1. The van der Waals surface area contributed by atoms with Gasteiger partial charge in [-0.25, -0.2) is 0 Å². The van der Waals surface area contributed by atoms with Gasteiger partial charge in [0.15, 0.2) is 5.78 Å². The number of aliphatic hydroxyl groups excluding tert-OH is 1. The quantitative estimate of drug-likeness (QED) is 0.177. The Morgan fingerprint density at radius 1 is 0.912 bits per heavy atom. The van der Waals surface area contributed by atoms with E-state index in [1.54, 1.807) is 0 Å². The van der Waals surface area contributed by atoms with Crippen LogP contribution in [0.15, 0.2) is 96.9 Å². The number of hydrogen-bond donors (Lipinski definition) is 1. The molecule has 0 saturated carbocycles. The maximum absolute atomic E-state index is 10.0. The zero-order valence-electron chi connectivity index (χ0n) is 18.7. The van der Waals surface area contributed by atoms with Gasteiger partial charge in [-0.1, -0.05) is 78.6 Å². The fourth-order valence-corrected chi connectivity index (χ4v) is 4.26. The van der Waals surface area contributed by atoms with Crippen molar-refractivity contribution in [3.8, 4) is 5.82 Å². The largest absolute Gasteiger partial charge is 0.512 e. The van der Waals surface area contributed by atoms with E-state index < -0.39 is 0 Å². The zero-order chi connectivity index (χ0) is 22.9. The van der Waals surface area contributed by atoms with E-state index in [1.165, 1.54) is 36.1 Å². The summed E-state index contributed by atoms with van der Waals surface area (Å²) in [5.74, 6) is 0.854. The Hall–Kier alpha value is -3.73. The number of hydrogen-bond acceptors (Lipinski definition) is 3. The molecule has 0 unspecified atom stereocenters. The average Bonchev–Trinajstić information content (AvgIpc) is 3.37. The third-order valence-electron chi connectivity index (χ3n) is 5.51. The molecule has 0 saturated heterocycles. The molecule has 0 atom stereocenters. The first-order valence-corrected chi connectivity index (χ1v) is 10.7. The number of aromatic nitrogens is 3. The van der Waals surface area contributed by atoms with Crippen molar-refractivity contribution in [2.24, 2.45) is 0 Å². The van der Waals surface area contributed by atoms with Crippen molar-refractivity contribution in [3.63, 3.8) is 0 Å². The molecule has 0 amide bonds. The third kappa shape index (κ3) is 4.26. The van der Waals surface area contributed by atoms with Gasteiger partial charge in [0.25, 0.3) is 0 Å². The minimum Gasteiger partial charge on any atom is -0.512 e. The van der Waals surface area contributed by atoms with Gasteiger partial charge in [0, 0.05) is 37.8 Å². The van der Waals surface area contributed by atoms with Crippen LogP contribution in [0.4, 0.5) is 0 Å². The monoisotopic (exact) mass is 625 g/mol. The van der Waals surface area contributed by atoms with Gasteiger partial charge in [0.05, 0.1) is 11.4 Å². The smallest absolute Gasteiger partial charge is 0.155 e. The maximum atomic E-state index is 10.0. The van der Waals surface area contributed by atoms with Crippen molar-refractivity contribution in [1.29, 1.82) is 0 Å². The molecule has 0 fully saturated rings. The van der Waals surface area contributed by atoms with E-state index in [0.29, 0.717) is 0 Å². The first kappa shape index (κ1) is 23.4. The summed E-state index contributed by atoms with van der Waals surface area (Å²) in [6, 6.07) is 27.4. The predicted octanol–water partition coefficient (Wildman–Crippen LogP) is 6.48. The van der Waals surface area contributed by atoms with Crippen LogP contribution in [-0.4, -0.2) is 20.4 Å². The van der Waals surface area contributed by atoms with Crippen LogP contribution in [0, 0.1) is 0 Å². The van der Waals surface area contributed by atoms with Gasteiger partial charge in [0.1, 0.15) is 0 Å². The number of ketones is 1. The Balaban J connectivity index is 0.000000303. The van der Waals surface area contributed by atoms with Gasteiger partial charge in [0.2, 0.25) is 0 Å². The van der Waals surface area contributed by atoms with Crippen LogP contribution in [0.1, 0.15) is 13.8 Å². The first-order chi connectivity index (χ1) is 16.0. The minimum absolute atomic E-state index is 0. The summed E-state index contributed by atoms with van der Waals surface area (Å²) in [7, 11) is 0. The van der Waals surface area contributed by atoms with Crippen LogP contribution < -0.4 is 4.98 Å². The Labute approximate surface area is 210 Å². The van der Waals surface area contributed by atoms with Gasteiger partial charge >= 0.3 is 0 Å². The molecule has 6 heteroatoms. The van der Waals surface area contributed by atoms with E-state index in [2.05, 4.69) is 65.2 Å². The number of fused-ring (bicyclic) bond motifs is 6. The second kappa shape index (κ2) is 9.64. The summed E-state index contributed by atoms with van der Waals surface area (Å²) in [4.78, 5) is 19.6. The van der Waals surface area contributed by atoms with Crippen LogP contribution in [0.3, 0.4) is 0 Å². The standard InChI is InChI=1S/C23H14N3.C5H8O2.Ir/c1-3-8-17-15(6-1)11-12-20-22(17)18-9-5-13-24-23(18)26(20)21-14-16-7-2-4-10-19(16)25-21;1-4(6)3-5(2)7;/h1-14H;3,6H,1-2H3;/q-1;;/b;4-3-;. The Morgan fingerprint density at radius 2 is 1.62 bits per heavy atom. The Kier molecular flexibility index (Phi) is 6.64. The summed E-state index contributed by atoms with van der Waals surface area (Å²) < 4.78 is 2.18. The van der Waals surface area contributed by atoms with Crippen LogP contribution in [-0.2, 0) is 24.9 Å². The second-order valence-electron chi connectivity index (χ2n) is 7.96. The summed E-state index contributed by atoms with van der Waals surface area (Å²) in [6.07, 6.45) is 3.02. The number of carbonyl (C=O) groups is 1. The molecule has 1 radical (unpaired) electrons. The molecule has 0 aliphatic heterocycles. The average molecular weight is 625 g/mol. The fraction of sp³-hybridized carbons (Fsp3) is 0.0714. The molecule has 171 valence electrons. The second-order valence-corrected chi connectivity index (χ2v) is 7.96. The minimum atomic E-state index is -0.125. The summed E-state index contributed by atoms with van der Waals surface area (Å²) in [5.41, 5.74) is 3.09. The van der Waals surface area contributed by atoms with Crippen molar-refractivity contribution in [3.05, 3.63) is 96.9 Å². The van der Waals surface area contributed by atoms with Crippen LogP contribution >= 0.6 is 0 Å². The van der Waals surface area contributed by atoms with E-state index in [4.69, 9.17) is 15.1 Å². The van der Waals surface area contributed by atoms with Gasteiger partial charge in [-0.3, -0.25) is 9.78 Å². The molecule has 3 heterocycles. The van der Waals surface area contributed by atoms with Gasteiger partial charge in [-0.2, -0.15) is 0 Å². The predicted molar refractivity (Wildman–Crippen MR) is 134 cm³/mol. The summed E-state index contributed by atoms with van der Waals surface area (Å²) in [6.45, 7) is 2.85. The van der Waals surface area contributed by atoms with E-state index in [1.807, 2.05) is 24.4 Å². The van der Waals surface area contributed by atoms with Gasteiger partial charge in [-0.15, -0.1) is 0 Å². The first-order valence-electron chi connectivity index (χ1n) is 10.7. The maximum Gasteiger partial charge on any atom is 0.155 e. The SMILES string of the molecule is CC(=O)/C=C(/C)O.[Ir].c1ccc2[n-]c(-n3c4ccc5ccccc5c4c4cccnc43)cc2c1. The van der Waals surface area contributed by atoms with E-state index in [0.717, 1.165) is 33.3 Å². The number of rotatable bonds is 2. The number of carbonyl (C=O) groups excluding carboxylic acids is 1. The molecule has 3 aromatic carbocycles. The fourth-order valence-electron chi connectivity index (χ4n) is 4.26. The summed E-state index contributed by atoms with van der Waals surface area (Å²) in [5, 5.41) is 14.4. The van der Waals surface area contributed by atoms with Crippen LogP contribution in [0.5, 0.6) is 0 Å². The van der Waals surface area contributed by atoms with Crippen molar-refractivity contribution in [1.82, 2.24) is 14.5 Å². The third-order valence-corrected chi connectivity index (χ3v) is 5.51. The molecule has 3 aromatic heterocycles. The van der Waals surface area contributed by atoms with Gasteiger partial charge in [-0.05, 0) is 52.5 Å². The molecular formula is C28H22IrN3O2-.